The average Bonchev–Trinajstić information content (AvgIpc) is 2.91. The average molecular weight is 416 g/mol. The summed E-state index contributed by atoms with van der Waals surface area (Å²) < 4.78 is 0.790. The van der Waals surface area contributed by atoms with Crippen LogP contribution < -0.4 is 5.32 Å². The number of rotatable bonds is 3. The molecule has 0 aromatic carbocycles. The van der Waals surface area contributed by atoms with Gasteiger partial charge in [0, 0.05) is 16.9 Å². The van der Waals surface area contributed by atoms with Crippen LogP contribution in [0.5, 0.6) is 0 Å². The van der Waals surface area contributed by atoms with Gasteiger partial charge in [-0.05, 0) is 38.2 Å². The smallest absolute Gasteiger partial charge is 0.249 e. The van der Waals surface area contributed by atoms with Gasteiger partial charge in [0.2, 0.25) is 11.8 Å². The van der Waals surface area contributed by atoms with Crippen LogP contribution >= 0.6 is 22.6 Å². The van der Waals surface area contributed by atoms with Gasteiger partial charge < -0.3 is 15.3 Å². The number of hydrogen-bond acceptors (Lipinski definition) is 3. The molecule has 0 aromatic heterocycles. The number of allylic oxidation sites excluding steroid dienone is 2. The van der Waals surface area contributed by atoms with E-state index in [1.54, 1.807) is 0 Å². The number of carbonyl (C=O) groups is 2. The summed E-state index contributed by atoms with van der Waals surface area (Å²) in [6, 6.07) is 0. The summed E-state index contributed by atoms with van der Waals surface area (Å²) in [5.41, 5.74) is -1.99. The Morgan fingerprint density at radius 3 is 2.82 bits per heavy atom. The van der Waals surface area contributed by atoms with Gasteiger partial charge in [0.25, 0.3) is 0 Å². The van der Waals surface area contributed by atoms with Gasteiger partial charge in [0.05, 0.1) is 11.2 Å². The normalized spacial score (nSPS) is 47.1. The van der Waals surface area contributed by atoms with E-state index in [0.29, 0.717) is 18.7 Å². The van der Waals surface area contributed by atoms with Crippen molar-refractivity contribution in [3.63, 3.8) is 0 Å². The third-order valence-electron chi connectivity index (χ3n) is 6.56. The number of aliphatic hydroxyl groups excluding tert-OH is 1. The minimum Gasteiger partial charge on any atom is -0.512 e. The van der Waals surface area contributed by atoms with Crippen LogP contribution in [0.2, 0.25) is 0 Å². The number of nitrogens with zero attached hydrogens (tertiary/aromatic N) is 1. The van der Waals surface area contributed by atoms with Gasteiger partial charge in [-0.1, -0.05) is 29.5 Å². The van der Waals surface area contributed by atoms with Gasteiger partial charge in [-0.15, -0.1) is 0 Å². The molecule has 2 amide bonds. The van der Waals surface area contributed by atoms with E-state index in [9.17, 15) is 14.7 Å². The number of alkyl halides is 1. The summed E-state index contributed by atoms with van der Waals surface area (Å²) >= 11 is 2.28. The number of amides is 2. The molecule has 4 fully saturated rings. The summed E-state index contributed by atoms with van der Waals surface area (Å²) in [5, 5.41) is 13.2. The quantitative estimate of drug-likeness (QED) is 0.545. The van der Waals surface area contributed by atoms with Crippen molar-refractivity contribution in [1.82, 2.24) is 10.2 Å². The van der Waals surface area contributed by atoms with Crippen molar-refractivity contribution < 1.29 is 14.7 Å². The number of piperazine rings is 1. The molecule has 2 N–H and O–H groups in total. The molecular formula is C16H21IN2O3. The minimum absolute atomic E-state index is 0.0151. The van der Waals surface area contributed by atoms with Gasteiger partial charge in [-0.2, -0.15) is 0 Å². The van der Waals surface area contributed by atoms with E-state index in [1.807, 2.05) is 24.8 Å². The van der Waals surface area contributed by atoms with E-state index in [1.165, 1.54) is 0 Å². The number of hydrogen-bond donors (Lipinski definition) is 2. The fourth-order valence-electron chi connectivity index (χ4n) is 5.04. The second-order valence-corrected chi connectivity index (χ2v) is 8.42. The van der Waals surface area contributed by atoms with Crippen molar-refractivity contribution in [3.8, 4) is 0 Å². The Labute approximate surface area is 143 Å². The molecule has 22 heavy (non-hydrogen) atoms. The van der Waals surface area contributed by atoms with Crippen LogP contribution in [0.25, 0.3) is 0 Å². The van der Waals surface area contributed by atoms with Crippen LogP contribution in [0.4, 0.5) is 0 Å². The van der Waals surface area contributed by atoms with Gasteiger partial charge in [-0.3, -0.25) is 9.59 Å². The maximum atomic E-state index is 13.3. The Kier molecular flexibility index (Phi) is 2.81. The lowest BCUT2D eigenvalue weighted by Crippen LogP contribution is -2.84. The lowest BCUT2D eigenvalue weighted by molar-refractivity contribution is -0.181. The molecule has 1 aliphatic carbocycles. The standard InChI is InChI=1S/C16H21IN2O3/c1-9(8-17)16-10(14(2)7-11(14)20)6-15(12(21)18-16)4-3-5-19(15)13(16)22/h7,9-10,20H,3-6,8H2,1-2H3,(H,18,21). The molecule has 6 heteroatoms. The lowest BCUT2D eigenvalue weighted by atomic mass is 9.56. The number of fused-ring (bicyclic) bond motifs is 2. The molecule has 5 aliphatic rings. The van der Waals surface area contributed by atoms with E-state index in [4.69, 9.17) is 0 Å². The zero-order valence-corrected chi connectivity index (χ0v) is 15.0. The second kappa shape index (κ2) is 4.19. The molecule has 5 nitrogen and oxygen atoms in total. The summed E-state index contributed by atoms with van der Waals surface area (Å²) in [6.45, 7) is 4.71. The highest BCUT2D eigenvalue weighted by molar-refractivity contribution is 14.1. The van der Waals surface area contributed by atoms with E-state index >= 15 is 0 Å². The first-order valence-corrected chi connectivity index (χ1v) is 9.48. The molecule has 0 aromatic rings. The third kappa shape index (κ3) is 1.41. The molecule has 4 heterocycles. The summed E-state index contributed by atoms with van der Waals surface area (Å²) in [4.78, 5) is 28.0. The Hall–Kier alpha value is -0.790. The molecule has 0 radical (unpaired) electrons. The molecular weight excluding hydrogens is 395 g/mol. The molecule has 5 unspecified atom stereocenters. The summed E-state index contributed by atoms with van der Waals surface area (Å²) in [5.74, 6) is 0.435. The highest BCUT2D eigenvalue weighted by Crippen LogP contribution is 2.62. The molecule has 5 atom stereocenters. The fourth-order valence-corrected chi connectivity index (χ4v) is 5.74. The van der Waals surface area contributed by atoms with Crippen molar-refractivity contribution in [1.29, 1.82) is 0 Å². The van der Waals surface area contributed by atoms with Crippen molar-refractivity contribution in [3.05, 3.63) is 11.8 Å². The van der Waals surface area contributed by atoms with Gasteiger partial charge in [0.15, 0.2) is 0 Å². The molecule has 1 spiro atoms. The minimum atomic E-state index is -0.875. The van der Waals surface area contributed by atoms with Crippen molar-refractivity contribution >= 4 is 34.4 Å². The maximum Gasteiger partial charge on any atom is 0.249 e. The molecule has 4 saturated heterocycles. The highest BCUT2D eigenvalue weighted by atomic mass is 127. The molecule has 4 aliphatic heterocycles. The monoisotopic (exact) mass is 416 g/mol. The van der Waals surface area contributed by atoms with Gasteiger partial charge in [0.1, 0.15) is 11.1 Å². The summed E-state index contributed by atoms with van der Waals surface area (Å²) in [7, 11) is 0. The first kappa shape index (κ1) is 14.8. The van der Waals surface area contributed by atoms with Crippen LogP contribution in [0.15, 0.2) is 11.8 Å². The van der Waals surface area contributed by atoms with Gasteiger partial charge >= 0.3 is 0 Å². The second-order valence-electron chi connectivity index (χ2n) is 7.54. The van der Waals surface area contributed by atoms with Crippen LogP contribution in [0, 0.1) is 17.3 Å². The molecule has 120 valence electrons. The van der Waals surface area contributed by atoms with Crippen LogP contribution in [-0.2, 0) is 9.59 Å². The maximum absolute atomic E-state index is 13.3. The fraction of sp³-hybridized carbons (Fsp3) is 0.750. The van der Waals surface area contributed by atoms with Crippen molar-refractivity contribution in [2.75, 3.05) is 11.0 Å². The number of nitrogens with one attached hydrogen (secondary N) is 1. The van der Waals surface area contributed by atoms with Gasteiger partial charge in [-0.25, -0.2) is 0 Å². The SMILES string of the molecule is CC(CI)C12NC(=O)C3(CCCN3C1=O)CC2C1(C)C=C1O. The van der Waals surface area contributed by atoms with E-state index in [-0.39, 0.29) is 23.7 Å². The predicted molar refractivity (Wildman–Crippen MR) is 89.5 cm³/mol. The number of aliphatic hydroxyl groups is 1. The third-order valence-corrected chi connectivity index (χ3v) is 7.88. The Bertz CT molecular complexity index is 621. The summed E-state index contributed by atoms with van der Waals surface area (Å²) in [6.07, 6.45) is 4.14. The first-order valence-electron chi connectivity index (χ1n) is 7.96. The number of piperidine rings is 2. The Morgan fingerprint density at radius 1 is 1.55 bits per heavy atom. The zero-order valence-electron chi connectivity index (χ0n) is 12.9. The number of halogens is 1. The van der Waals surface area contributed by atoms with E-state index < -0.39 is 16.5 Å². The Balaban J connectivity index is 1.87. The van der Waals surface area contributed by atoms with Crippen molar-refractivity contribution in [2.45, 2.75) is 44.2 Å². The highest BCUT2D eigenvalue weighted by Gasteiger charge is 2.74. The Morgan fingerprint density at radius 2 is 2.23 bits per heavy atom. The number of carbonyl (C=O) groups excluding carboxylic acids is 2. The predicted octanol–water partition coefficient (Wildman–Crippen LogP) is 1.77. The van der Waals surface area contributed by atoms with E-state index in [2.05, 4.69) is 27.9 Å². The van der Waals surface area contributed by atoms with Crippen molar-refractivity contribution in [2.24, 2.45) is 17.3 Å². The largest absolute Gasteiger partial charge is 0.512 e. The molecule has 5 rings (SSSR count). The first-order chi connectivity index (χ1) is 10.3. The van der Waals surface area contributed by atoms with Crippen LogP contribution in [-0.4, -0.2) is 43.9 Å². The lowest BCUT2D eigenvalue weighted by Gasteiger charge is -2.62. The zero-order chi connectivity index (χ0) is 15.9. The van der Waals surface area contributed by atoms with Crippen LogP contribution in [0.1, 0.15) is 33.1 Å². The molecule has 0 saturated carbocycles. The molecule has 2 bridgehead atoms. The van der Waals surface area contributed by atoms with E-state index in [0.717, 1.165) is 17.3 Å². The van der Waals surface area contributed by atoms with Crippen LogP contribution in [0.3, 0.4) is 0 Å². The topological polar surface area (TPSA) is 69.6 Å².